The van der Waals surface area contributed by atoms with E-state index in [0.29, 0.717) is 29.5 Å². The van der Waals surface area contributed by atoms with Crippen molar-refractivity contribution in [2.24, 2.45) is 62.6 Å². The highest BCUT2D eigenvalue weighted by Gasteiger charge is 2.71. The van der Waals surface area contributed by atoms with E-state index < -0.39 is 5.97 Å². The quantitative estimate of drug-likeness (QED) is 0.502. The normalized spacial score (nSPS) is 52.7. The average molecular weight is 473 g/mol. The molecule has 0 aromatic carbocycles. The van der Waals surface area contributed by atoms with Crippen molar-refractivity contribution in [3.05, 3.63) is 0 Å². The molecule has 2 N–H and O–H groups in total. The molecule has 0 radical (unpaired) electrons. The number of rotatable bonds is 3. The third kappa shape index (κ3) is 2.87. The van der Waals surface area contributed by atoms with E-state index in [2.05, 4.69) is 34.6 Å². The zero-order valence-electron chi connectivity index (χ0n) is 22.5. The van der Waals surface area contributed by atoms with Crippen LogP contribution < -0.4 is 0 Å². The first-order chi connectivity index (χ1) is 15.8. The highest BCUT2D eigenvalue weighted by Crippen LogP contribution is 2.77. The number of hydrogen-bond acceptors (Lipinski definition) is 3. The van der Waals surface area contributed by atoms with Crippen molar-refractivity contribution in [3.8, 4) is 0 Å². The number of Topliss-reactive ketones (excluding diaryl/α,β-unsaturated/α-hetero) is 1. The summed E-state index contributed by atoms with van der Waals surface area (Å²) < 4.78 is 0. The van der Waals surface area contributed by atoms with Gasteiger partial charge in [-0.1, -0.05) is 41.5 Å². The fourth-order valence-electron chi connectivity index (χ4n) is 11.6. The maximum Gasteiger partial charge on any atom is 0.306 e. The topological polar surface area (TPSA) is 74.6 Å². The number of fused-ring (bicyclic) bond motifs is 7. The first-order valence-corrected chi connectivity index (χ1v) is 14.2. The third-order valence-corrected chi connectivity index (χ3v) is 13.7. The lowest BCUT2D eigenvalue weighted by atomic mass is 9.32. The van der Waals surface area contributed by atoms with Crippen molar-refractivity contribution in [1.29, 1.82) is 0 Å². The molecule has 0 saturated heterocycles. The molecule has 5 aliphatic carbocycles. The second-order valence-electron chi connectivity index (χ2n) is 14.7. The fraction of sp³-hybridized carbons (Fsp3) is 0.933. The molecule has 0 aliphatic heterocycles. The van der Waals surface area contributed by atoms with Gasteiger partial charge in [0, 0.05) is 18.4 Å². The zero-order valence-corrected chi connectivity index (χ0v) is 22.5. The summed E-state index contributed by atoms with van der Waals surface area (Å²) in [4.78, 5) is 25.0. The van der Waals surface area contributed by atoms with Gasteiger partial charge in [0.05, 0.1) is 5.92 Å². The second kappa shape index (κ2) is 7.56. The number of aliphatic hydroxyl groups excluding tert-OH is 1. The lowest BCUT2D eigenvalue weighted by Crippen LogP contribution is -2.66. The predicted octanol–water partition coefficient (Wildman–Crippen LogP) is 6.35. The molecule has 5 rings (SSSR count). The van der Waals surface area contributed by atoms with Crippen LogP contribution in [0.25, 0.3) is 0 Å². The van der Waals surface area contributed by atoms with E-state index in [1.165, 1.54) is 12.8 Å². The minimum atomic E-state index is -0.673. The van der Waals surface area contributed by atoms with Crippen LogP contribution in [0, 0.1) is 62.6 Å². The molecule has 5 fully saturated rings. The molecule has 0 aromatic rings. The Bertz CT molecular complexity index is 879. The number of aliphatic carboxylic acids is 1. The molecule has 5 saturated carbocycles. The van der Waals surface area contributed by atoms with Crippen LogP contribution in [0.15, 0.2) is 0 Å². The molecule has 0 bridgehead atoms. The molecular weight excluding hydrogens is 424 g/mol. The Hall–Kier alpha value is -0.900. The standard InChI is InChI=1S/C30H48O4/c1-18(25(33)34)19-9-14-30(17-31)16-15-28(5)20(24(19)30)7-8-22-27(4)12-11-23(32)26(2,3)21(27)10-13-29(22,28)6/h18-22,24,31H,7-17H2,1-6H3,(H,33,34)/t18?,19-,20+,21-,22+,24+,27-,28+,29+,30+/m0/s1. The van der Waals surface area contributed by atoms with Gasteiger partial charge in [0.25, 0.3) is 0 Å². The molecule has 4 nitrogen and oxygen atoms in total. The minimum Gasteiger partial charge on any atom is -0.481 e. The third-order valence-electron chi connectivity index (χ3n) is 13.7. The van der Waals surface area contributed by atoms with Gasteiger partial charge in [0.15, 0.2) is 0 Å². The van der Waals surface area contributed by atoms with Crippen molar-refractivity contribution < 1.29 is 19.8 Å². The molecule has 0 aromatic heterocycles. The number of ketones is 1. The summed E-state index contributed by atoms with van der Waals surface area (Å²) in [6.45, 7) is 14.2. The molecule has 1 unspecified atom stereocenters. The molecular formula is C30H48O4. The summed E-state index contributed by atoms with van der Waals surface area (Å²) in [6, 6.07) is 0. The number of carbonyl (C=O) groups is 2. The Morgan fingerprint density at radius 1 is 0.912 bits per heavy atom. The molecule has 5 aliphatic rings. The van der Waals surface area contributed by atoms with Gasteiger partial charge in [-0.3, -0.25) is 9.59 Å². The number of carboxylic acids is 1. The molecule has 0 amide bonds. The number of carbonyl (C=O) groups excluding carboxylic acids is 1. The van der Waals surface area contributed by atoms with E-state index in [4.69, 9.17) is 0 Å². The number of aliphatic hydroxyl groups is 1. The van der Waals surface area contributed by atoms with Gasteiger partial charge in [-0.05, 0) is 109 Å². The van der Waals surface area contributed by atoms with E-state index in [1.54, 1.807) is 0 Å². The van der Waals surface area contributed by atoms with Crippen LogP contribution in [0.3, 0.4) is 0 Å². The van der Waals surface area contributed by atoms with Crippen molar-refractivity contribution in [1.82, 2.24) is 0 Å². The molecule has 10 atom stereocenters. The summed E-state index contributed by atoms with van der Waals surface area (Å²) in [6.07, 6.45) is 10.5. The number of hydrogen-bond donors (Lipinski definition) is 2. The largest absolute Gasteiger partial charge is 0.481 e. The smallest absolute Gasteiger partial charge is 0.306 e. The maximum absolute atomic E-state index is 12.9. The van der Waals surface area contributed by atoms with E-state index in [-0.39, 0.29) is 45.5 Å². The fourth-order valence-corrected chi connectivity index (χ4v) is 11.6. The van der Waals surface area contributed by atoms with Crippen LogP contribution in [-0.2, 0) is 9.59 Å². The van der Waals surface area contributed by atoms with E-state index in [9.17, 15) is 19.8 Å². The lowest BCUT2D eigenvalue weighted by molar-refractivity contribution is -0.238. The molecule has 4 heteroatoms. The van der Waals surface area contributed by atoms with Gasteiger partial charge in [-0.2, -0.15) is 0 Å². The van der Waals surface area contributed by atoms with Crippen molar-refractivity contribution in [3.63, 3.8) is 0 Å². The summed E-state index contributed by atoms with van der Waals surface area (Å²) in [5.74, 6) is 1.50. The minimum absolute atomic E-state index is 0.0812. The van der Waals surface area contributed by atoms with Gasteiger partial charge >= 0.3 is 5.97 Å². The van der Waals surface area contributed by atoms with Crippen LogP contribution in [0.4, 0.5) is 0 Å². The van der Waals surface area contributed by atoms with Crippen LogP contribution in [0.1, 0.15) is 106 Å². The Morgan fingerprint density at radius 3 is 2.26 bits per heavy atom. The SMILES string of the molecule is CC(C(=O)O)[C@@H]1CC[C@]2(CO)CC[C@]3(C)[C@H](CC[C@@H]4[C@@]5(C)CCC(=O)C(C)(C)[C@@H]5CC[C@]43C)[C@@H]12. The predicted molar refractivity (Wildman–Crippen MR) is 133 cm³/mol. The molecule has 192 valence electrons. The van der Waals surface area contributed by atoms with Crippen molar-refractivity contribution in [2.45, 2.75) is 106 Å². The molecule has 0 spiro atoms. The van der Waals surface area contributed by atoms with Crippen molar-refractivity contribution >= 4 is 11.8 Å². The Labute approximate surface area is 206 Å². The van der Waals surface area contributed by atoms with Gasteiger partial charge in [0.1, 0.15) is 5.78 Å². The summed E-state index contributed by atoms with van der Waals surface area (Å²) in [7, 11) is 0. The summed E-state index contributed by atoms with van der Waals surface area (Å²) in [5, 5.41) is 20.6. The summed E-state index contributed by atoms with van der Waals surface area (Å²) in [5.41, 5.74) is 0.270. The second-order valence-corrected chi connectivity index (χ2v) is 14.7. The zero-order chi connectivity index (χ0) is 24.9. The van der Waals surface area contributed by atoms with E-state index >= 15 is 0 Å². The van der Waals surface area contributed by atoms with Crippen LogP contribution in [-0.4, -0.2) is 28.6 Å². The van der Waals surface area contributed by atoms with Crippen LogP contribution in [0.2, 0.25) is 0 Å². The maximum atomic E-state index is 12.9. The Morgan fingerprint density at radius 2 is 1.62 bits per heavy atom. The highest BCUT2D eigenvalue weighted by atomic mass is 16.4. The van der Waals surface area contributed by atoms with Gasteiger partial charge in [-0.25, -0.2) is 0 Å². The van der Waals surface area contributed by atoms with Crippen LogP contribution >= 0.6 is 0 Å². The van der Waals surface area contributed by atoms with Crippen LogP contribution in [0.5, 0.6) is 0 Å². The first kappa shape index (κ1) is 24.8. The molecule has 34 heavy (non-hydrogen) atoms. The highest BCUT2D eigenvalue weighted by molar-refractivity contribution is 5.85. The monoisotopic (exact) mass is 472 g/mol. The average Bonchev–Trinajstić information content (AvgIpc) is 3.16. The first-order valence-electron chi connectivity index (χ1n) is 14.2. The summed E-state index contributed by atoms with van der Waals surface area (Å²) >= 11 is 0. The van der Waals surface area contributed by atoms with Gasteiger partial charge in [0.2, 0.25) is 0 Å². The van der Waals surface area contributed by atoms with E-state index in [0.717, 1.165) is 51.4 Å². The van der Waals surface area contributed by atoms with Gasteiger partial charge < -0.3 is 10.2 Å². The van der Waals surface area contributed by atoms with Crippen molar-refractivity contribution in [2.75, 3.05) is 6.61 Å². The Balaban J connectivity index is 1.55. The molecule has 0 heterocycles. The number of carboxylic acid groups (broad SMARTS) is 1. The van der Waals surface area contributed by atoms with Gasteiger partial charge in [-0.15, -0.1) is 0 Å². The van der Waals surface area contributed by atoms with E-state index in [1.807, 2.05) is 6.92 Å². The lowest BCUT2D eigenvalue weighted by Gasteiger charge is -2.72. The Kier molecular flexibility index (Phi) is 5.51.